The van der Waals surface area contributed by atoms with Gasteiger partial charge in [0.15, 0.2) is 0 Å². The van der Waals surface area contributed by atoms with Crippen LogP contribution in [-0.2, 0) is 4.79 Å². The highest BCUT2D eigenvalue weighted by molar-refractivity contribution is 7.98. The van der Waals surface area contributed by atoms with Crippen molar-refractivity contribution in [2.24, 2.45) is 0 Å². The number of carboxylic acids is 1. The Labute approximate surface area is 84.5 Å². The molecule has 0 bridgehead atoms. The van der Waals surface area contributed by atoms with E-state index in [-0.39, 0.29) is 12.1 Å². The van der Waals surface area contributed by atoms with Crippen LogP contribution < -0.4 is 0 Å². The summed E-state index contributed by atoms with van der Waals surface area (Å²) in [6.07, 6.45) is 2.71. The zero-order valence-corrected chi connectivity index (χ0v) is 9.60. The van der Waals surface area contributed by atoms with Crippen molar-refractivity contribution in [3.05, 3.63) is 0 Å². The molecule has 4 heteroatoms. The zero-order chi connectivity index (χ0) is 10.4. The normalized spacial score (nSPS) is 13.7. The Balaban J connectivity index is 4.15. The number of thioether (sulfide) groups is 1. The van der Waals surface area contributed by atoms with Gasteiger partial charge in [0.05, 0.1) is 0 Å². The molecule has 0 spiro atoms. The fourth-order valence-electron chi connectivity index (χ4n) is 1.09. The molecule has 1 atom stereocenters. The van der Waals surface area contributed by atoms with Crippen LogP contribution in [0.15, 0.2) is 0 Å². The molecular weight excluding hydrogens is 186 g/mol. The molecule has 0 aromatic heterocycles. The van der Waals surface area contributed by atoms with E-state index in [1.807, 2.05) is 32.1 Å². The van der Waals surface area contributed by atoms with Crippen molar-refractivity contribution in [3.8, 4) is 0 Å². The van der Waals surface area contributed by atoms with Gasteiger partial charge in [0.25, 0.3) is 0 Å². The van der Waals surface area contributed by atoms with Crippen molar-refractivity contribution in [2.45, 2.75) is 32.4 Å². The van der Waals surface area contributed by atoms with Gasteiger partial charge < -0.3 is 5.11 Å². The van der Waals surface area contributed by atoms with E-state index in [4.69, 9.17) is 5.11 Å². The maximum absolute atomic E-state index is 10.9. The molecule has 0 rings (SSSR count). The summed E-state index contributed by atoms with van der Waals surface area (Å²) in [6.45, 7) is 4.02. The number of nitrogens with zero attached hydrogens (tertiary/aromatic N) is 1. The Bertz CT molecular complexity index is 162. The first-order chi connectivity index (χ1) is 6.00. The van der Waals surface area contributed by atoms with E-state index in [2.05, 4.69) is 0 Å². The van der Waals surface area contributed by atoms with Gasteiger partial charge in [-0.15, -0.1) is 0 Å². The molecule has 0 aliphatic heterocycles. The van der Waals surface area contributed by atoms with Crippen LogP contribution in [-0.4, -0.2) is 47.1 Å². The van der Waals surface area contributed by atoms with Gasteiger partial charge in [0, 0.05) is 6.04 Å². The van der Waals surface area contributed by atoms with Crippen LogP contribution in [0, 0.1) is 0 Å². The third-order valence-electron chi connectivity index (χ3n) is 2.19. The highest BCUT2D eigenvalue weighted by atomic mass is 32.2. The third-order valence-corrected chi connectivity index (χ3v) is 2.83. The molecule has 0 radical (unpaired) electrons. The Kier molecular flexibility index (Phi) is 6.16. The fourth-order valence-corrected chi connectivity index (χ4v) is 1.55. The van der Waals surface area contributed by atoms with Crippen LogP contribution in [0.2, 0.25) is 0 Å². The standard InChI is InChI=1S/C9H19NO2S/c1-7(2)10(3)8(9(11)12)5-6-13-4/h7-8H,5-6H2,1-4H3,(H,11,12). The third kappa shape index (κ3) is 4.52. The summed E-state index contributed by atoms with van der Waals surface area (Å²) >= 11 is 1.69. The second-order valence-corrected chi connectivity index (χ2v) is 4.38. The first-order valence-corrected chi connectivity index (χ1v) is 5.83. The van der Waals surface area contributed by atoms with E-state index in [0.717, 1.165) is 5.75 Å². The highest BCUT2D eigenvalue weighted by Crippen LogP contribution is 2.09. The monoisotopic (exact) mass is 205 g/mol. The van der Waals surface area contributed by atoms with Gasteiger partial charge in [-0.25, -0.2) is 0 Å². The minimum Gasteiger partial charge on any atom is -0.480 e. The molecule has 1 unspecified atom stereocenters. The van der Waals surface area contributed by atoms with Crippen LogP contribution in [0.1, 0.15) is 20.3 Å². The molecule has 0 amide bonds. The van der Waals surface area contributed by atoms with Crippen molar-refractivity contribution in [1.29, 1.82) is 0 Å². The maximum Gasteiger partial charge on any atom is 0.320 e. The lowest BCUT2D eigenvalue weighted by molar-refractivity contribution is -0.143. The lowest BCUT2D eigenvalue weighted by Gasteiger charge is -2.27. The molecule has 1 N–H and O–H groups in total. The Morgan fingerprint density at radius 1 is 1.54 bits per heavy atom. The number of carboxylic acid groups (broad SMARTS) is 1. The predicted molar refractivity (Wildman–Crippen MR) is 57.3 cm³/mol. The Morgan fingerprint density at radius 2 is 2.08 bits per heavy atom. The average Bonchev–Trinajstić information content (AvgIpc) is 2.04. The van der Waals surface area contributed by atoms with E-state index in [9.17, 15) is 4.79 Å². The summed E-state index contributed by atoms with van der Waals surface area (Å²) in [5, 5.41) is 8.97. The Morgan fingerprint density at radius 3 is 2.38 bits per heavy atom. The van der Waals surface area contributed by atoms with Gasteiger partial charge in [-0.1, -0.05) is 0 Å². The van der Waals surface area contributed by atoms with E-state index >= 15 is 0 Å². The van der Waals surface area contributed by atoms with Crippen molar-refractivity contribution in [1.82, 2.24) is 4.90 Å². The quantitative estimate of drug-likeness (QED) is 0.714. The number of hydrogen-bond acceptors (Lipinski definition) is 3. The van der Waals surface area contributed by atoms with Crippen molar-refractivity contribution in [3.63, 3.8) is 0 Å². The van der Waals surface area contributed by atoms with Gasteiger partial charge in [0.2, 0.25) is 0 Å². The van der Waals surface area contributed by atoms with Crippen molar-refractivity contribution in [2.75, 3.05) is 19.1 Å². The molecule has 0 fully saturated rings. The summed E-state index contributed by atoms with van der Waals surface area (Å²) in [6, 6.07) is -0.0598. The molecule has 0 aliphatic rings. The molecule has 0 aliphatic carbocycles. The number of aliphatic carboxylic acids is 1. The van der Waals surface area contributed by atoms with E-state index in [0.29, 0.717) is 6.42 Å². The summed E-state index contributed by atoms with van der Waals surface area (Å²) in [5.74, 6) is 0.179. The van der Waals surface area contributed by atoms with Gasteiger partial charge in [-0.2, -0.15) is 11.8 Å². The topological polar surface area (TPSA) is 40.5 Å². The van der Waals surface area contributed by atoms with Gasteiger partial charge in [0.1, 0.15) is 6.04 Å². The number of hydrogen-bond donors (Lipinski definition) is 1. The molecule has 0 saturated heterocycles. The van der Waals surface area contributed by atoms with Crippen molar-refractivity contribution >= 4 is 17.7 Å². The largest absolute Gasteiger partial charge is 0.480 e. The molecule has 78 valence electrons. The first kappa shape index (κ1) is 12.8. The Hall–Kier alpha value is -0.220. The average molecular weight is 205 g/mol. The molecule has 13 heavy (non-hydrogen) atoms. The summed E-state index contributed by atoms with van der Waals surface area (Å²) < 4.78 is 0. The minimum atomic E-state index is -0.717. The van der Waals surface area contributed by atoms with E-state index < -0.39 is 5.97 Å². The fraction of sp³-hybridized carbons (Fsp3) is 0.889. The number of rotatable bonds is 6. The predicted octanol–water partition coefficient (Wildman–Crippen LogP) is 1.53. The smallest absolute Gasteiger partial charge is 0.320 e. The van der Waals surface area contributed by atoms with Crippen LogP contribution in [0.4, 0.5) is 0 Å². The molecule has 0 saturated carbocycles. The summed E-state index contributed by atoms with van der Waals surface area (Å²) in [5.41, 5.74) is 0. The van der Waals surface area contributed by atoms with E-state index in [1.165, 1.54) is 0 Å². The molecule has 0 aromatic rings. The SMILES string of the molecule is CSCCC(C(=O)O)N(C)C(C)C. The van der Waals surface area contributed by atoms with E-state index in [1.54, 1.807) is 11.8 Å². The maximum atomic E-state index is 10.9. The van der Waals surface area contributed by atoms with Crippen LogP contribution in [0.25, 0.3) is 0 Å². The zero-order valence-electron chi connectivity index (χ0n) is 8.78. The van der Waals surface area contributed by atoms with Gasteiger partial charge in [-0.05, 0) is 39.3 Å². The number of likely N-dealkylation sites (N-methyl/N-ethyl adjacent to an activating group) is 1. The van der Waals surface area contributed by atoms with Crippen molar-refractivity contribution < 1.29 is 9.90 Å². The summed E-state index contributed by atoms with van der Waals surface area (Å²) in [4.78, 5) is 12.8. The van der Waals surface area contributed by atoms with Crippen LogP contribution in [0.5, 0.6) is 0 Å². The molecule has 3 nitrogen and oxygen atoms in total. The number of carbonyl (C=O) groups is 1. The van der Waals surface area contributed by atoms with Crippen LogP contribution in [0.3, 0.4) is 0 Å². The van der Waals surface area contributed by atoms with Gasteiger partial charge >= 0.3 is 5.97 Å². The van der Waals surface area contributed by atoms with Gasteiger partial charge in [-0.3, -0.25) is 9.69 Å². The van der Waals surface area contributed by atoms with Crippen LogP contribution >= 0.6 is 11.8 Å². The second-order valence-electron chi connectivity index (χ2n) is 3.39. The molecular formula is C9H19NO2S. The highest BCUT2D eigenvalue weighted by Gasteiger charge is 2.23. The molecule has 0 heterocycles. The molecule has 0 aromatic carbocycles. The summed E-state index contributed by atoms with van der Waals surface area (Å²) in [7, 11) is 1.86. The first-order valence-electron chi connectivity index (χ1n) is 4.44. The lowest BCUT2D eigenvalue weighted by atomic mass is 10.1. The lowest BCUT2D eigenvalue weighted by Crippen LogP contribution is -2.42. The second kappa shape index (κ2) is 6.27. The minimum absolute atomic E-state index is 0.281.